The zero-order valence-corrected chi connectivity index (χ0v) is 20.3. The Morgan fingerprint density at radius 2 is 1.89 bits per heavy atom. The molecule has 0 unspecified atom stereocenters. The normalized spacial score (nSPS) is 13.9. The van der Waals surface area contributed by atoms with Crippen LogP contribution in [0.1, 0.15) is 30.4 Å². The third kappa shape index (κ3) is 8.17. The van der Waals surface area contributed by atoms with Crippen molar-refractivity contribution in [3.63, 3.8) is 0 Å². The molecular weight excluding hydrogens is 495 g/mol. The van der Waals surface area contributed by atoms with Crippen LogP contribution in [-0.2, 0) is 6.54 Å². The van der Waals surface area contributed by atoms with Crippen LogP contribution in [0.5, 0.6) is 5.75 Å². The van der Waals surface area contributed by atoms with Crippen LogP contribution in [0, 0.1) is 5.41 Å². The van der Waals surface area contributed by atoms with Gasteiger partial charge < -0.3 is 21.1 Å². The van der Waals surface area contributed by atoms with Crippen LogP contribution in [0.4, 0.5) is 18.0 Å². The van der Waals surface area contributed by atoms with Gasteiger partial charge in [0, 0.05) is 42.5 Å². The van der Waals surface area contributed by atoms with Crippen molar-refractivity contribution in [2.45, 2.75) is 32.0 Å². The summed E-state index contributed by atoms with van der Waals surface area (Å²) < 4.78 is 38.6. The molecule has 7 nitrogen and oxygen atoms in total. The average Bonchev–Trinajstić information content (AvgIpc) is 2.84. The topological polar surface area (TPSA) is 100 Å². The molecule has 2 aromatic carbocycles. The lowest BCUT2D eigenvalue weighted by Crippen LogP contribution is -2.45. The summed E-state index contributed by atoms with van der Waals surface area (Å²) in [4.78, 5) is 13.6. The molecule has 1 heterocycles. The van der Waals surface area contributed by atoms with Crippen molar-refractivity contribution < 1.29 is 23.1 Å². The third-order valence-corrected chi connectivity index (χ3v) is 6.13. The Bertz CT molecular complexity index is 1090. The number of alkyl halides is 3. The maximum absolute atomic E-state index is 12.9. The van der Waals surface area contributed by atoms with E-state index in [1.807, 2.05) is 24.3 Å². The lowest BCUT2D eigenvalue weighted by molar-refractivity contribution is -0.135. The standard InChI is InChI=1S/C25H29ClF3N5O2/c26-21-4-2-1-3-19(21)15-33-22-16-31-12-9-17(22)10-13-32-24(36)34(14-11-25(27,28)29)23(30)18-5-7-20(35)8-6-18/h1-8,30-31,33,35H,9-16H2,(H,32,36). The number of hydrogen-bond donors (Lipinski definition) is 5. The number of urea groups is 1. The monoisotopic (exact) mass is 523 g/mol. The Labute approximate surface area is 212 Å². The molecule has 0 bridgehead atoms. The summed E-state index contributed by atoms with van der Waals surface area (Å²) in [5.41, 5.74) is 3.29. The number of benzene rings is 2. The quantitative estimate of drug-likeness (QED) is 0.242. The van der Waals surface area contributed by atoms with E-state index in [9.17, 15) is 23.1 Å². The fraction of sp³-hybridized carbons (Fsp3) is 0.360. The van der Waals surface area contributed by atoms with Crippen molar-refractivity contribution in [3.8, 4) is 5.75 Å². The number of phenols is 1. The van der Waals surface area contributed by atoms with Crippen LogP contribution < -0.4 is 16.0 Å². The Balaban J connectivity index is 1.63. The van der Waals surface area contributed by atoms with Gasteiger partial charge in [-0.15, -0.1) is 0 Å². The van der Waals surface area contributed by atoms with Gasteiger partial charge in [-0.1, -0.05) is 29.8 Å². The highest BCUT2D eigenvalue weighted by molar-refractivity contribution is 6.31. The summed E-state index contributed by atoms with van der Waals surface area (Å²) in [7, 11) is 0. The van der Waals surface area contributed by atoms with E-state index in [0.29, 0.717) is 24.5 Å². The van der Waals surface area contributed by atoms with E-state index in [4.69, 9.17) is 17.0 Å². The minimum Gasteiger partial charge on any atom is -0.508 e. The highest BCUT2D eigenvalue weighted by Gasteiger charge is 2.30. The van der Waals surface area contributed by atoms with Gasteiger partial charge in [-0.25, -0.2) is 4.79 Å². The molecule has 0 aliphatic carbocycles. The van der Waals surface area contributed by atoms with Crippen LogP contribution in [0.2, 0.25) is 5.02 Å². The number of amides is 2. The van der Waals surface area contributed by atoms with E-state index in [-0.39, 0.29) is 23.7 Å². The van der Waals surface area contributed by atoms with Gasteiger partial charge in [-0.3, -0.25) is 10.3 Å². The van der Waals surface area contributed by atoms with E-state index in [0.717, 1.165) is 34.7 Å². The summed E-state index contributed by atoms with van der Waals surface area (Å²) in [6.07, 6.45) is -4.44. The van der Waals surface area contributed by atoms with E-state index in [2.05, 4.69) is 16.0 Å². The van der Waals surface area contributed by atoms with Gasteiger partial charge in [0.25, 0.3) is 0 Å². The molecule has 1 aliphatic heterocycles. The number of hydrogen-bond acceptors (Lipinski definition) is 5. The van der Waals surface area contributed by atoms with E-state index in [1.165, 1.54) is 24.3 Å². The molecule has 0 atom stereocenters. The summed E-state index contributed by atoms with van der Waals surface area (Å²) >= 11 is 6.23. The van der Waals surface area contributed by atoms with Crippen molar-refractivity contribution in [2.24, 2.45) is 0 Å². The lowest BCUT2D eigenvalue weighted by atomic mass is 10.0. The zero-order chi connectivity index (χ0) is 26.1. The zero-order valence-electron chi connectivity index (χ0n) is 19.6. The minimum atomic E-state index is -4.48. The van der Waals surface area contributed by atoms with Gasteiger partial charge in [-0.2, -0.15) is 13.2 Å². The van der Waals surface area contributed by atoms with Gasteiger partial charge in [0.15, 0.2) is 0 Å². The molecule has 194 valence electrons. The van der Waals surface area contributed by atoms with Crippen molar-refractivity contribution in [1.82, 2.24) is 20.9 Å². The number of aromatic hydroxyl groups is 1. The maximum atomic E-state index is 12.9. The van der Waals surface area contributed by atoms with Gasteiger partial charge in [0.2, 0.25) is 0 Å². The smallest absolute Gasteiger partial charge is 0.390 e. The molecule has 2 amide bonds. The number of halogens is 4. The number of nitrogens with one attached hydrogen (secondary N) is 4. The van der Waals surface area contributed by atoms with Crippen molar-refractivity contribution in [3.05, 3.63) is 76.0 Å². The molecule has 0 aromatic heterocycles. The van der Waals surface area contributed by atoms with E-state index in [1.54, 1.807) is 0 Å². The first-order valence-corrected chi connectivity index (χ1v) is 11.9. The molecule has 1 aliphatic rings. The highest BCUT2D eigenvalue weighted by atomic mass is 35.5. The number of carbonyl (C=O) groups is 1. The summed E-state index contributed by atoms with van der Waals surface area (Å²) in [6, 6.07) is 12.1. The van der Waals surface area contributed by atoms with Crippen LogP contribution >= 0.6 is 11.6 Å². The first-order valence-electron chi connectivity index (χ1n) is 11.5. The first-order chi connectivity index (χ1) is 17.1. The first kappa shape index (κ1) is 27.3. The number of carbonyl (C=O) groups excluding carboxylic acids is 1. The average molecular weight is 524 g/mol. The Kier molecular flexibility index (Phi) is 9.60. The third-order valence-electron chi connectivity index (χ3n) is 5.76. The predicted molar refractivity (Wildman–Crippen MR) is 133 cm³/mol. The second-order valence-electron chi connectivity index (χ2n) is 8.35. The van der Waals surface area contributed by atoms with Gasteiger partial charge in [-0.05, 0) is 60.9 Å². The molecule has 2 aromatic rings. The molecule has 0 fully saturated rings. The van der Waals surface area contributed by atoms with Crippen molar-refractivity contribution in [2.75, 3.05) is 26.2 Å². The molecule has 0 radical (unpaired) electrons. The summed E-state index contributed by atoms with van der Waals surface area (Å²) in [5, 5.41) is 27.8. The fourth-order valence-electron chi connectivity index (χ4n) is 3.78. The van der Waals surface area contributed by atoms with E-state index >= 15 is 0 Å². The van der Waals surface area contributed by atoms with Crippen LogP contribution in [-0.4, -0.2) is 54.2 Å². The van der Waals surface area contributed by atoms with Crippen LogP contribution in [0.3, 0.4) is 0 Å². The highest BCUT2D eigenvalue weighted by Crippen LogP contribution is 2.21. The van der Waals surface area contributed by atoms with E-state index < -0.39 is 25.2 Å². The number of phenolic OH excluding ortho intramolecular Hbond substituents is 1. The Morgan fingerprint density at radius 3 is 2.58 bits per heavy atom. The fourth-order valence-corrected chi connectivity index (χ4v) is 3.98. The Hall–Kier alpha value is -3.24. The molecule has 0 saturated carbocycles. The van der Waals surface area contributed by atoms with Crippen molar-refractivity contribution in [1.29, 1.82) is 5.41 Å². The van der Waals surface area contributed by atoms with Gasteiger partial charge in [0.05, 0.1) is 6.42 Å². The Morgan fingerprint density at radius 1 is 1.17 bits per heavy atom. The van der Waals surface area contributed by atoms with Crippen molar-refractivity contribution >= 4 is 23.5 Å². The molecule has 0 saturated heterocycles. The number of amidine groups is 1. The van der Waals surface area contributed by atoms with Gasteiger partial charge >= 0.3 is 12.2 Å². The SMILES string of the molecule is N=C(c1ccc(O)cc1)N(CCC(F)(F)F)C(=O)NCCC1=C(NCc2ccccc2Cl)CNCC1. The lowest BCUT2D eigenvalue weighted by Gasteiger charge is -2.26. The summed E-state index contributed by atoms with van der Waals surface area (Å²) in [6.45, 7) is 1.48. The minimum absolute atomic E-state index is 0.0490. The molecule has 5 N–H and O–H groups in total. The summed E-state index contributed by atoms with van der Waals surface area (Å²) in [5.74, 6) is -0.424. The second kappa shape index (κ2) is 12.6. The molecule has 3 rings (SSSR count). The van der Waals surface area contributed by atoms with Gasteiger partial charge in [0.1, 0.15) is 11.6 Å². The molecule has 36 heavy (non-hydrogen) atoms. The van der Waals surface area contributed by atoms with Crippen LogP contribution in [0.15, 0.2) is 59.8 Å². The number of rotatable bonds is 9. The molecule has 0 spiro atoms. The number of nitrogens with zero attached hydrogens (tertiary/aromatic N) is 1. The second-order valence-corrected chi connectivity index (χ2v) is 8.76. The predicted octanol–water partition coefficient (Wildman–Crippen LogP) is 4.76. The van der Waals surface area contributed by atoms with Crippen LogP contribution in [0.25, 0.3) is 0 Å². The molecular formula is C25H29ClF3N5O2. The largest absolute Gasteiger partial charge is 0.508 e. The molecule has 11 heteroatoms. The maximum Gasteiger partial charge on any atom is 0.390 e.